The first-order chi connectivity index (χ1) is 13.9. The minimum absolute atomic E-state index is 0.0177. The van der Waals surface area contributed by atoms with Crippen molar-refractivity contribution in [1.82, 2.24) is 15.2 Å². The van der Waals surface area contributed by atoms with E-state index in [0.717, 1.165) is 36.1 Å². The van der Waals surface area contributed by atoms with Crippen LogP contribution >= 0.6 is 0 Å². The van der Waals surface area contributed by atoms with E-state index >= 15 is 0 Å². The maximum atomic E-state index is 13.1. The van der Waals surface area contributed by atoms with Crippen LogP contribution in [0, 0.1) is 11.3 Å². The number of aromatic nitrogens is 1. The van der Waals surface area contributed by atoms with E-state index in [0.29, 0.717) is 25.3 Å². The molecule has 1 atom stereocenters. The molecule has 0 radical (unpaired) electrons. The Morgan fingerprint density at radius 3 is 2.59 bits per heavy atom. The Kier molecular flexibility index (Phi) is 6.68. The van der Waals surface area contributed by atoms with E-state index < -0.39 is 5.41 Å². The molecule has 1 aromatic carbocycles. The van der Waals surface area contributed by atoms with Crippen LogP contribution in [0.2, 0.25) is 0 Å². The summed E-state index contributed by atoms with van der Waals surface area (Å²) in [5.74, 6) is 0.478. The van der Waals surface area contributed by atoms with Gasteiger partial charge < -0.3 is 10.2 Å². The van der Waals surface area contributed by atoms with Gasteiger partial charge in [0.1, 0.15) is 0 Å². The lowest BCUT2D eigenvalue weighted by Crippen LogP contribution is -2.54. The maximum absolute atomic E-state index is 13.1. The number of amides is 2. The van der Waals surface area contributed by atoms with Gasteiger partial charge in [-0.3, -0.25) is 14.6 Å². The van der Waals surface area contributed by atoms with Gasteiger partial charge in [-0.2, -0.15) is 0 Å². The molecule has 0 saturated carbocycles. The van der Waals surface area contributed by atoms with Crippen molar-refractivity contribution in [3.05, 3.63) is 54.4 Å². The summed E-state index contributed by atoms with van der Waals surface area (Å²) >= 11 is 0. The third kappa shape index (κ3) is 4.84. The Labute approximate surface area is 173 Å². The van der Waals surface area contributed by atoms with Crippen molar-refractivity contribution in [2.24, 2.45) is 11.3 Å². The highest BCUT2D eigenvalue weighted by molar-refractivity contribution is 5.85. The molecule has 0 aliphatic carbocycles. The van der Waals surface area contributed by atoms with E-state index in [9.17, 15) is 9.59 Å². The number of benzene rings is 1. The first-order valence-corrected chi connectivity index (χ1v) is 10.4. The monoisotopic (exact) mass is 393 g/mol. The van der Waals surface area contributed by atoms with E-state index in [1.807, 2.05) is 29.2 Å². The van der Waals surface area contributed by atoms with Gasteiger partial charge in [0, 0.05) is 39.0 Å². The minimum atomic E-state index is -0.608. The molecule has 2 amide bonds. The highest BCUT2D eigenvalue weighted by atomic mass is 16.2. The molecule has 3 rings (SSSR count). The molecule has 2 aromatic rings. The zero-order chi connectivity index (χ0) is 20.9. The van der Waals surface area contributed by atoms with Crippen molar-refractivity contribution < 1.29 is 9.59 Å². The van der Waals surface area contributed by atoms with Gasteiger partial charge >= 0.3 is 0 Å². The molecule has 5 nitrogen and oxygen atoms in total. The zero-order valence-corrected chi connectivity index (χ0v) is 17.6. The van der Waals surface area contributed by atoms with Crippen LogP contribution in [-0.4, -0.2) is 41.8 Å². The average Bonchev–Trinajstić information content (AvgIpc) is 2.74. The number of nitrogens with one attached hydrogen (secondary N) is 1. The summed E-state index contributed by atoms with van der Waals surface area (Å²) < 4.78 is 0. The molecule has 0 spiro atoms. The molecule has 2 heterocycles. The SMILES string of the molecule is CNC(=O)C1(Cc2ccccc2-c2ccncc2)CCCN(C(=O)CC(C)C)C1. The number of likely N-dealkylation sites (tertiary alicyclic amines) is 1. The second-order valence-electron chi connectivity index (χ2n) is 8.45. The molecule has 29 heavy (non-hydrogen) atoms. The van der Waals surface area contributed by atoms with Crippen LogP contribution in [-0.2, 0) is 16.0 Å². The molecular formula is C24H31N3O2. The molecule has 1 unspecified atom stereocenters. The molecule has 1 N–H and O–H groups in total. The van der Waals surface area contributed by atoms with Crippen LogP contribution in [0.15, 0.2) is 48.8 Å². The van der Waals surface area contributed by atoms with Gasteiger partial charge in [0.25, 0.3) is 0 Å². The first kappa shape index (κ1) is 21.0. The van der Waals surface area contributed by atoms with Crippen molar-refractivity contribution in [2.45, 2.75) is 39.5 Å². The van der Waals surface area contributed by atoms with Crippen LogP contribution in [0.1, 0.15) is 38.7 Å². The second kappa shape index (κ2) is 9.21. The number of hydrogen-bond donors (Lipinski definition) is 1. The Hall–Kier alpha value is -2.69. The highest BCUT2D eigenvalue weighted by Gasteiger charge is 2.43. The Bertz CT molecular complexity index is 850. The smallest absolute Gasteiger partial charge is 0.228 e. The lowest BCUT2D eigenvalue weighted by Gasteiger charge is -2.42. The summed E-state index contributed by atoms with van der Waals surface area (Å²) in [6.07, 6.45) is 6.33. The van der Waals surface area contributed by atoms with Crippen molar-refractivity contribution >= 4 is 11.8 Å². The fourth-order valence-corrected chi connectivity index (χ4v) is 4.35. The Morgan fingerprint density at radius 2 is 1.90 bits per heavy atom. The second-order valence-corrected chi connectivity index (χ2v) is 8.45. The third-order valence-corrected chi connectivity index (χ3v) is 5.76. The molecule has 1 saturated heterocycles. The molecule has 154 valence electrons. The lowest BCUT2D eigenvalue weighted by molar-refractivity contribution is -0.141. The van der Waals surface area contributed by atoms with Gasteiger partial charge in [-0.25, -0.2) is 0 Å². The summed E-state index contributed by atoms with van der Waals surface area (Å²) in [7, 11) is 1.69. The van der Waals surface area contributed by atoms with Crippen LogP contribution in [0.5, 0.6) is 0 Å². The summed E-state index contributed by atoms with van der Waals surface area (Å²) in [6.45, 7) is 5.32. The summed E-state index contributed by atoms with van der Waals surface area (Å²) in [5, 5.41) is 2.87. The number of pyridine rings is 1. The molecule has 1 aliphatic heterocycles. The number of piperidine rings is 1. The minimum Gasteiger partial charge on any atom is -0.359 e. The Balaban J connectivity index is 1.93. The quantitative estimate of drug-likeness (QED) is 0.814. The zero-order valence-electron chi connectivity index (χ0n) is 17.6. The fourth-order valence-electron chi connectivity index (χ4n) is 4.35. The fraction of sp³-hybridized carbons (Fsp3) is 0.458. The summed E-state index contributed by atoms with van der Waals surface area (Å²) in [5.41, 5.74) is 2.72. The van der Waals surface area contributed by atoms with Crippen molar-refractivity contribution in [2.75, 3.05) is 20.1 Å². The predicted molar refractivity (Wildman–Crippen MR) is 115 cm³/mol. The highest BCUT2D eigenvalue weighted by Crippen LogP contribution is 2.37. The normalized spacial score (nSPS) is 19.2. The van der Waals surface area contributed by atoms with E-state index in [1.54, 1.807) is 19.4 Å². The number of hydrogen-bond acceptors (Lipinski definition) is 3. The van der Waals surface area contributed by atoms with Gasteiger partial charge in [0.05, 0.1) is 5.41 Å². The van der Waals surface area contributed by atoms with Gasteiger partial charge in [0.15, 0.2) is 0 Å². The number of carbonyl (C=O) groups is 2. The van der Waals surface area contributed by atoms with E-state index in [2.05, 4.69) is 36.3 Å². The van der Waals surface area contributed by atoms with Crippen LogP contribution in [0.25, 0.3) is 11.1 Å². The molecular weight excluding hydrogens is 362 g/mol. The lowest BCUT2D eigenvalue weighted by atomic mass is 9.73. The standard InChI is InChI=1S/C24H31N3O2/c1-18(2)15-22(28)27-14-6-11-24(17-27,23(29)25-3)16-20-7-4-5-8-21(20)19-9-12-26-13-10-19/h4-5,7-10,12-13,18H,6,11,14-17H2,1-3H3,(H,25,29). The molecule has 0 bridgehead atoms. The molecule has 5 heteroatoms. The molecule has 1 fully saturated rings. The first-order valence-electron chi connectivity index (χ1n) is 10.4. The van der Waals surface area contributed by atoms with Crippen molar-refractivity contribution in [3.8, 4) is 11.1 Å². The molecule has 1 aliphatic rings. The van der Waals surface area contributed by atoms with E-state index in [1.165, 1.54) is 0 Å². The van der Waals surface area contributed by atoms with Gasteiger partial charge in [-0.1, -0.05) is 38.1 Å². The van der Waals surface area contributed by atoms with Crippen LogP contribution in [0.3, 0.4) is 0 Å². The van der Waals surface area contributed by atoms with Crippen molar-refractivity contribution in [3.63, 3.8) is 0 Å². The number of nitrogens with zero attached hydrogens (tertiary/aromatic N) is 2. The summed E-state index contributed by atoms with van der Waals surface area (Å²) in [6, 6.07) is 12.2. The largest absolute Gasteiger partial charge is 0.359 e. The van der Waals surface area contributed by atoms with E-state index in [-0.39, 0.29) is 11.8 Å². The predicted octanol–water partition coefficient (Wildman–Crippen LogP) is 3.69. The third-order valence-electron chi connectivity index (χ3n) is 5.76. The maximum Gasteiger partial charge on any atom is 0.228 e. The van der Waals surface area contributed by atoms with Gasteiger partial charge in [0.2, 0.25) is 11.8 Å². The van der Waals surface area contributed by atoms with E-state index in [4.69, 9.17) is 0 Å². The summed E-state index contributed by atoms with van der Waals surface area (Å²) in [4.78, 5) is 31.8. The number of carbonyl (C=O) groups excluding carboxylic acids is 2. The van der Waals surface area contributed by atoms with Crippen LogP contribution < -0.4 is 5.32 Å². The average molecular weight is 394 g/mol. The topological polar surface area (TPSA) is 62.3 Å². The van der Waals surface area contributed by atoms with Gasteiger partial charge in [-0.15, -0.1) is 0 Å². The molecule has 1 aromatic heterocycles. The Morgan fingerprint density at radius 1 is 1.17 bits per heavy atom. The van der Waals surface area contributed by atoms with Crippen LogP contribution in [0.4, 0.5) is 0 Å². The number of rotatable bonds is 6. The van der Waals surface area contributed by atoms with Crippen molar-refractivity contribution in [1.29, 1.82) is 0 Å². The van der Waals surface area contributed by atoms with Gasteiger partial charge in [-0.05, 0) is 54.0 Å².